The molecule has 0 radical (unpaired) electrons. The van der Waals surface area contributed by atoms with Gasteiger partial charge in [0.05, 0.1) is 6.61 Å². The smallest absolute Gasteiger partial charge is 0.142 e. The van der Waals surface area contributed by atoms with Crippen molar-refractivity contribution >= 4 is 0 Å². The quantitative estimate of drug-likeness (QED) is 0.693. The van der Waals surface area contributed by atoms with Crippen molar-refractivity contribution in [2.75, 3.05) is 6.61 Å². The van der Waals surface area contributed by atoms with Gasteiger partial charge in [-0.25, -0.2) is 0 Å². The molecule has 0 aromatic heterocycles. The number of epoxide rings is 1. The zero-order valence-electron chi connectivity index (χ0n) is 9.31. The summed E-state index contributed by atoms with van der Waals surface area (Å²) in [6.07, 6.45) is 0. The highest BCUT2D eigenvalue weighted by Gasteiger charge is 2.47. The Bertz CT molecular complexity index is 498. The molecular formula is C15H14O. The van der Waals surface area contributed by atoms with Gasteiger partial charge in [0.1, 0.15) is 5.60 Å². The van der Waals surface area contributed by atoms with E-state index in [0.717, 1.165) is 6.61 Å². The first-order chi connectivity index (χ1) is 7.81. The van der Waals surface area contributed by atoms with E-state index in [9.17, 15) is 0 Å². The summed E-state index contributed by atoms with van der Waals surface area (Å²) in [5, 5.41) is 0. The monoisotopic (exact) mass is 210 g/mol. The van der Waals surface area contributed by atoms with Crippen molar-refractivity contribution in [2.45, 2.75) is 12.5 Å². The van der Waals surface area contributed by atoms with Crippen molar-refractivity contribution in [3.05, 3.63) is 71.3 Å². The molecule has 0 bridgehead atoms. The van der Waals surface area contributed by atoms with Crippen molar-refractivity contribution in [3.8, 4) is 0 Å². The maximum Gasteiger partial charge on any atom is 0.142 e. The standard InChI is InChI=1S/C15H14O/c1-12-6-5-9-14(10-12)15(11-16-15)13-7-3-2-4-8-13/h2-10H,11H2,1H3. The molecule has 1 atom stereocenters. The number of benzene rings is 2. The molecule has 1 aliphatic heterocycles. The summed E-state index contributed by atoms with van der Waals surface area (Å²) < 4.78 is 5.72. The molecular weight excluding hydrogens is 196 g/mol. The third-order valence-electron chi connectivity index (χ3n) is 3.16. The lowest BCUT2D eigenvalue weighted by Crippen LogP contribution is -2.10. The SMILES string of the molecule is Cc1cccc(C2(c3ccccc3)CO2)c1. The van der Waals surface area contributed by atoms with Crippen molar-refractivity contribution in [3.63, 3.8) is 0 Å². The maximum absolute atomic E-state index is 5.72. The molecule has 1 nitrogen and oxygen atoms in total. The highest BCUT2D eigenvalue weighted by Crippen LogP contribution is 2.44. The second-order valence-corrected chi connectivity index (χ2v) is 4.35. The van der Waals surface area contributed by atoms with Crippen LogP contribution in [0.5, 0.6) is 0 Å². The van der Waals surface area contributed by atoms with Crippen LogP contribution in [0.4, 0.5) is 0 Å². The molecule has 80 valence electrons. The summed E-state index contributed by atoms with van der Waals surface area (Å²) in [7, 11) is 0. The van der Waals surface area contributed by atoms with Crippen LogP contribution in [0.1, 0.15) is 16.7 Å². The Kier molecular flexibility index (Phi) is 2.08. The van der Waals surface area contributed by atoms with Crippen molar-refractivity contribution in [2.24, 2.45) is 0 Å². The summed E-state index contributed by atoms with van der Waals surface area (Å²) in [6, 6.07) is 19.0. The fourth-order valence-corrected chi connectivity index (χ4v) is 2.18. The minimum absolute atomic E-state index is 0.173. The predicted octanol–water partition coefficient (Wildman–Crippen LogP) is 3.27. The van der Waals surface area contributed by atoms with E-state index in [1.165, 1.54) is 16.7 Å². The Morgan fingerprint density at radius 1 is 0.938 bits per heavy atom. The first-order valence-corrected chi connectivity index (χ1v) is 5.58. The van der Waals surface area contributed by atoms with Crippen molar-refractivity contribution in [1.82, 2.24) is 0 Å². The van der Waals surface area contributed by atoms with Crippen molar-refractivity contribution < 1.29 is 4.74 Å². The van der Waals surface area contributed by atoms with E-state index in [1.807, 2.05) is 6.07 Å². The molecule has 0 amide bonds. The van der Waals surface area contributed by atoms with E-state index in [0.29, 0.717) is 0 Å². The fraction of sp³-hybridized carbons (Fsp3) is 0.200. The van der Waals surface area contributed by atoms with Gasteiger partial charge in [0.25, 0.3) is 0 Å². The predicted molar refractivity (Wildman–Crippen MR) is 64.4 cm³/mol. The van der Waals surface area contributed by atoms with Crippen molar-refractivity contribution in [1.29, 1.82) is 0 Å². The van der Waals surface area contributed by atoms with E-state index in [1.54, 1.807) is 0 Å². The van der Waals surface area contributed by atoms with E-state index in [-0.39, 0.29) is 5.60 Å². The van der Waals surface area contributed by atoms with Gasteiger partial charge < -0.3 is 4.74 Å². The summed E-state index contributed by atoms with van der Waals surface area (Å²) in [5.74, 6) is 0. The van der Waals surface area contributed by atoms with Gasteiger partial charge in [0.15, 0.2) is 0 Å². The molecule has 1 unspecified atom stereocenters. The molecule has 0 saturated carbocycles. The Labute approximate surface area is 95.7 Å². The van der Waals surface area contributed by atoms with Gasteiger partial charge in [0.2, 0.25) is 0 Å². The lowest BCUT2D eigenvalue weighted by Gasteiger charge is -2.13. The first kappa shape index (κ1) is 9.61. The summed E-state index contributed by atoms with van der Waals surface area (Å²) in [5.41, 5.74) is 3.62. The molecule has 2 aromatic rings. The average Bonchev–Trinajstić information content (AvgIpc) is 3.11. The number of aryl methyl sites for hydroxylation is 1. The van der Waals surface area contributed by atoms with Crippen LogP contribution in [0.3, 0.4) is 0 Å². The Balaban J connectivity index is 2.07. The molecule has 0 aliphatic carbocycles. The molecule has 1 saturated heterocycles. The molecule has 0 N–H and O–H groups in total. The van der Waals surface area contributed by atoms with Crippen LogP contribution in [0.25, 0.3) is 0 Å². The van der Waals surface area contributed by atoms with Gasteiger partial charge in [-0.1, -0.05) is 60.2 Å². The molecule has 1 heteroatoms. The number of ether oxygens (including phenoxy) is 1. The topological polar surface area (TPSA) is 12.5 Å². The van der Waals surface area contributed by atoms with Crippen LogP contribution in [0, 0.1) is 6.92 Å². The number of rotatable bonds is 2. The fourth-order valence-electron chi connectivity index (χ4n) is 2.18. The molecule has 0 spiro atoms. The van der Waals surface area contributed by atoms with Gasteiger partial charge in [-0.15, -0.1) is 0 Å². The van der Waals surface area contributed by atoms with Gasteiger partial charge in [-0.3, -0.25) is 0 Å². The van der Waals surface area contributed by atoms with Gasteiger partial charge in [0, 0.05) is 0 Å². The third-order valence-corrected chi connectivity index (χ3v) is 3.16. The second-order valence-electron chi connectivity index (χ2n) is 4.35. The minimum Gasteiger partial charge on any atom is -0.359 e. The lowest BCUT2D eigenvalue weighted by molar-refractivity contribution is 0.349. The zero-order valence-corrected chi connectivity index (χ0v) is 9.31. The first-order valence-electron chi connectivity index (χ1n) is 5.58. The van der Waals surface area contributed by atoms with Crippen LogP contribution in [-0.4, -0.2) is 6.61 Å². The van der Waals surface area contributed by atoms with Crippen LogP contribution in [-0.2, 0) is 10.3 Å². The minimum atomic E-state index is -0.173. The molecule has 2 aromatic carbocycles. The van der Waals surface area contributed by atoms with Gasteiger partial charge in [-0.05, 0) is 18.1 Å². The largest absolute Gasteiger partial charge is 0.359 e. The van der Waals surface area contributed by atoms with E-state index < -0.39 is 0 Å². The maximum atomic E-state index is 5.72. The van der Waals surface area contributed by atoms with E-state index >= 15 is 0 Å². The highest BCUT2D eigenvalue weighted by atomic mass is 16.6. The van der Waals surface area contributed by atoms with Crippen LogP contribution >= 0.6 is 0 Å². The normalized spacial score (nSPS) is 23.1. The Morgan fingerprint density at radius 2 is 1.62 bits per heavy atom. The summed E-state index contributed by atoms with van der Waals surface area (Å²) in [4.78, 5) is 0. The second kappa shape index (κ2) is 3.46. The zero-order chi connectivity index (χ0) is 11.0. The Hall–Kier alpha value is -1.60. The lowest BCUT2D eigenvalue weighted by atomic mass is 9.91. The molecule has 3 rings (SSSR count). The summed E-state index contributed by atoms with van der Waals surface area (Å²) >= 11 is 0. The van der Waals surface area contributed by atoms with Gasteiger partial charge >= 0.3 is 0 Å². The molecule has 16 heavy (non-hydrogen) atoms. The van der Waals surface area contributed by atoms with Crippen LogP contribution < -0.4 is 0 Å². The highest BCUT2D eigenvalue weighted by molar-refractivity contribution is 5.41. The molecule has 1 aliphatic rings. The third kappa shape index (κ3) is 1.44. The van der Waals surface area contributed by atoms with Crippen LogP contribution in [0.2, 0.25) is 0 Å². The van der Waals surface area contributed by atoms with Crippen LogP contribution in [0.15, 0.2) is 54.6 Å². The van der Waals surface area contributed by atoms with Gasteiger partial charge in [-0.2, -0.15) is 0 Å². The molecule has 1 heterocycles. The van der Waals surface area contributed by atoms with E-state index in [2.05, 4.69) is 55.5 Å². The van der Waals surface area contributed by atoms with E-state index in [4.69, 9.17) is 4.74 Å². The summed E-state index contributed by atoms with van der Waals surface area (Å²) in [6.45, 7) is 2.91. The number of hydrogen-bond acceptors (Lipinski definition) is 1. The Morgan fingerprint density at radius 3 is 2.25 bits per heavy atom. The molecule has 1 fully saturated rings. The average molecular weight is 210 g/mol. The number of hydrogen-bond donors (Lipinski definition) is 0.